The van der Waals surface area contributed by atoms with Crippen molar-refractivity contribution in [2.45, 2.75) is 18.9 Å². The molecule has 1 saturated heterocycles. The van der Waals surface area contributed by atoms with Crippen LogP contribution in [-0.2, 0) is 0 Å². The maximum atomic E-state index is 4.82. The van der Waals surface area contributed by atoms with Crippen LogP contribution in [0.1, 0.15) is 12.8 Å². The van der Waals surface area contributed by atoms with Crippen LogP contribution in [0.25, 0.3) is 28.0 Å². The number of hydrogen-bond donors (Lipinski definition) is 3. The first-order valence-corrected chi connectivity index (χ1v) is 8.78. The van der Waals surface area contributed by atoms with Crippen LogP contribution in [0.2, 0.25) is 0 Å². The molecule has 0 aliphatic carbocycles. The van der Waals surface area contributed by atoms with Gasteiger partial charge in [0.15, 0.2) is 0 Å². The number of aromatic amines is 1. The van der Waals surface area contributed by atoms with Crippen molar-refractivity contribution in [2.24, 2.45) is 0 Å². The third-order valence-electron chi connectivity index (χ3n) is 4.82. The molecule has 0 amide bonds. The molecule has 6 nitrogen and oxygen atoms in total. The number of imidazole rings is 2. The minimum atomic E-state index is 0.432. The second-order valence-electron chi connectivity index (χ2n) is 6.51. The highest BCUT2D eigenvalue weighted by molar-refractivity contribution is 5.82. The van der Waals surface area contributed by atoms with Crippen LogP contribution in [0.4, 0.5) is 5.95 Å². The first-order chi connectivity index (χ1) is 12.4. The van der Waals surface area contributed by atoms with Crippen LogP contribution in [0.3, 0.4) is 0 Å². The van der Waals surface area contributed by atoms with Gasteiger partial charge in [-0.3, -0.25) is 0 Å². The Morgan fingerprint density at radius 1 is 0.920 bits per heavy atom. The van der Waals surface area contributed by atoms with Gasteiger partial charge in [0.1, 0.15) is 0 Å². The zero-order valence-electron chi connectivity index (χ0n) is 13.9. The van der Waals surface area contributed by atoms with E-state index in [0.717, 1.165) is 59.9 Å². The Morgan fingerprint density at radius 3 is 2.52 bits per heavy atom. The molecule has 0 unspecified atom stereocenters. The predicted molar refractivity (Wildman–Crippen MR) is 100 cm³/mol. The second-order valence-corrected chi connectivity index (χ2v) is 6.51. The predicted octanol–water partition coefficient (Wildman–Crippen LogP) is 3.07. The molecule has 3 heterocycles. The van der Waals surface area contributed by atoms with Gasteiger partial charge in [-0.2, -0.15) is 0 Å². The molecule has 1 aliphatic rings. The molecule has 3 N–H and O–H groups in total. The van der Waals surface area contributed by atoms with Gasteiger partial charge in [0.25, 0.3) is 0 Å². The lowest BCUT2D eigenvalue weighted by molar-refractivity contribution is 0.477. The molecular formula is C19H20N6. The molecule has 0 saturated carbocycles. The van der Waals surface area contributed by atoms with Crippen LogP contribution in [-0.4, -0.2) is 38.7 Å². The number of hydrogen-bond acceptors (Lipinski definition) is 4. The van der Waals surface area contributed by atoms with E-state index in [1.165, 1.54) is 0 Å². The van der Waals surface area contributed by atoms with Crippen molar-refractivity contribution in [2.75, 3.05) is 18.4 Å². The number of nitrogens with one attached hydrogen (secondary N) is 3. The van der Waals surface area contributed by atoms with E-state index in [1.807, 2.05) is 42.5 Å². The molecule has 1 fully saturated rings. The lowest BCUT2D eigenvalue weighted by Gasteiger charge is -2.24. The van der Waals surface area contributed by atoms with Gasteiger partial charge >= 0.3 is 0 Å². The Hall–Kier alpha value is -2.86. The fourth-order valence-corrected chi connectivity index (χ4v) is 3.53. The maximum Gasteiger partial charge on any atom is 0.215 e. The van der Waals surface area contributed by atoms with E-state index in [4.69, 9.17) is 9.97 Å². The van der Waals surface area contributed by atoms with Crippen molar-refractivity contribution in [3.05, 3.63) is 48.5 Å². The van der Waals surface area contributed by atoms with Gasteiger partial charge < -0.3 is 15.6 Å². The number of rotatable bonds is 3. The number of nitrogens with zero attached hydrogens (tertiary/aromatic N) is 3. The Bertz CT molecular complexity index is 992. The molecule has 5 rings (SSSR count). The zero-order valence-corrected chi connectivity index (χ0v) is 13.9. The smallest absolute Gasteiger partial charge is 0.215 e. The minimum Gasteiger partial charge on any atom is -0.352 e. The summed E-state index contributed by atoms with van der Waals surface area (Å²) >= 11 is 0. The summed E-state index contributed by atoms with van der Waals surface area (Å²) in [5.41, 5.74) is 4.02. The van der Waals surface area contributed by atoms with Crippen molar-refractivity contribution in [3.63, 3.8) is 0 Å². The van der Waals surface area contributed by atoms with E-state index in [2.05, 4.69) is 26.3 Å². The van der Waals surface area contributed by atoms with Crippen LogP contribution in [0.5, 0.6) is 0 Å². The molecule has 0 spiro atoms. The number of piperidine rings is 1. The summed E-state index contributed by atoms with van der Waals surface area (Å²) < 4.78 is 2.09. The SMILES string of the molecule is c1ccc2[nH]c(-n3c(NC4CCNCC4)nc4ccccc43)nc2c1. The molecule has 126 valence electrons. The lowest BCUT2D eigenvalue weighted by Crippen LogP contribution is -2.36. The third-order valence-corrected chi connectivity index (χ3v) is 4.82. The number of H-pyrrole nitrogens is 1. The summed E-state index contributed by atoms with van der Waals surface area (Å²) in [5.74, 6) is 1.65. The van der Waals surface area contributed by atoms with Gasteiger partial charge in [-0.25, -0.2) is 14.5 Å². The largest absolute Gasteiger partial charge is 0.352 e. The fraction of sp³-hybridized carbons (Fsp3) is 0.263. The molecule has 1 aliphatic heterocycles. The van der Waals surface area contributed by atoms with E-state index in [1.54, 1.807) is 0 Å². The van der Waals surface area contributed by atoms with E-state index in [9.17, 15) is 0 Å². The van der Waals surface area contributed by atoms with Crippen LogP contribution < -0.4 is 10.6 Å². The van der Waals surface area contributed by atoms with Gasteiger partial charge in [-0.1, -0.05) is 24.3 Å². The van der Waals surface area contributed by atoms with E-state index >= 15 is 0 Å². The van der Waals surface area contributed by atoms with Gasteiger partial charge in [-0.05, 0) is 50.2 Å². The average molecular weight is 332 g/mol. The third kappa shape index (κ3) is 2.55. The summed E-state index contributed by atoms with van der Waals surface area (Å²) in [5, 5.41) is 7.04. The molecule has 25 heavy (non-hydrogen) atoms. The molecule has 6 heteroatoms. The Kier molecular flexibility index (Phi) is 3.41. The van der Waals surface area contributed by atoms with Gasteiger partial charge in [-0.15, -0.1) is 0 Å². The van der Waals surface area contributed by atoms with Crippen molar-refractivity contribution < 1.29 is 0 Å². The van der Waals surface area contributed by atoms with Gasteiger partial charge in [0.05, 0.1) is 22.1 Å². The molecule has 4 aromatic rings. The van der Waals surface area contributed by atoms with Crippen molar-refractivity contribution in [3.8, 4) is 5.95 Å². The quantitative estimate of drug-likeness (QED) is 0.539. The molecular weight excluding hydrogens is 312 g/mol. The maximum absolute atomic E-state index is 4.82. The zero-order chi connectivity index (χ0) is 16.6. The molecule has 0 bridgehead atoms. The number of fused-ring (bicyclic) bond motifs is 2. The molecule has 2 aromatic carbocycles. The second kappa shape index (κ2) is 5.89. The highest BCUT2D eigenvalue weighted by Crippen LogP contribution is 2.26. The Morgan fingerprint density at radius 2 is 1.68 bits per heavy atom. The number of benzene rings is 2. The monoisotopic (exact) mass is 332 g/mol. The fourth-order valence-electron chi connectivity index (χ4n) is 3.53. The topological polar surface area (TPSA) is 70.6 Å². The summed E-state index contributed by atoms with van der Waals surface area (Å²) in [4.78, 5) is 13.0. The summed E-state index contributed by atoms with van der Waals surface area (Å²) in [7, 11) is 0. The highest BCUT2D eigenvalue weighted by Gasteiger charge is 2.19. The van der Waals surface area contributed by atoms with E-state index < -0.39 is 0 Å². The average Bonchev–Trinajstić information content (AvgIpc) is 3.22. The Balaban J connectivity index is 1.65. The van der Waals surface area contributed by atoms with Crippen molar-refractivity contribution in [1.29, 1.82) is 0 Å². The molecule has 2 aromatic heterocycles. The van der Waals surface area contributed by atoms with Crippen LogP contribution >= 0.6 is 0 Å². The lowest BCUT2D eigenvalue weighted by atomic mass is 10.1. The van der Waals surface area contributed by atoms with Gasteiger partial charge in [0.2, 0.25) is 11.9 Å². The number of para-hydroxylation sites is 4. The summed E-state index contributed by atoms with van der Waals surface area (Å²) in [6, 6.07) is 16.7. The standard InChI is InChI=1S/C19H20N6/c1-2-6-15-14(5-1)22-19(23-15)25-17-8-4-3-7-16(17)24-18(25)21-13-9-11-20-12-10-13/h1-8,13,20H,9-12H2,(H,21,24)(H,22,23). The molecule has 0 atom stereocenters. The van der Waals surface area contributed by atoms with Gasteiger partial charge in [0, 0.05) is 6.04 Å². The summed E-state index contributed by atoms with van der Waals surface area (Å²) in [6.07, 6.45) is 2.20. The van der Waals surface area contributed by atoms with E-state index in [0.29, 0.717) is 6.04 Å². The molecule has 0 radical (unpaired) electrons. The minimum absolute atomic E-state index is 0.432. The van der Waals surface area contributed by atoms with E-state index in [-0.39, 0.29) is 0 Å². The number of anilines is 1. The van der Waals surface area contributed by atoms with Crippen LogP contribution in [0.15, 0.2) is 48.5 Å². The van der Waals surface area contributed by atoms with Crippen molar-refractivity contribution >= 4 is 28.0 Å². The Labute approximate surface area is 145 Å². The first-order valence-electron chi connectivity index (χ1n) is 8.78. The highest BCUT2D eigenvalue weighted by atomic mass is 15.3. The normalized spacial score (nSPS) is 15.8. The van der Waals surface area contributed by atoms with Crippen LogP contribution in [0, 0.1) is 0 Å². The summed E-state index contributed by atoms with van der Waals surface area (Å²) in [6.45, 7) is 2.09. The first kappa shape index (κ1) is 14.5. The van der Waals surface area contributed by atoms with Crippen molar-refractivity contribution in [1.82, 2.24) is 24.8 Å². The number of aromatic nitrogens is 4.